The van der Waals surface area contributed by atoms with Crippen LogP contribution in [0.15, 0.2) is 56.8 Å². The Morgan fingerprint density at radius 2 is 1.97 bits per heavy atom. The van der Waals surface area contributed by atoms with Crippen molar-refractivity contribution in [3.63, 3.8) is 0 Å². The summed E-state index contributed by atoms with van der Waals surface area (Å²) in [5.74, 6) is 0.320. The zero-order valence-electron chi connectivity index (χ0n) is 19.7. The molecule has 0 radical (unpaired) electrons. The summed E-state index contributed by atoms with van der Waals surface area (Å²) in [7, 11) is 0. The van der Waals surface area contributed by atoms with Crippen molar-refractivity contribution < 1.29 is 9.53 Å². The molecular weight excluding hydrogens is 496 g/mol. The van der Waals surface area contributed by atoms with Crippen LogP contribution in [0.1, 0.15) is 50.3 Å². The summed E-state index contributed by atoms with van der Waals surface area (Å²) >= 11 is 3.44. The van der Waals surface area contributed by atoms with E-state index in [9.17, 15) is 9.59 Å². The predicted octanol–water partition coefficient (Wildman–Crippen LogP) is 5.38. The molecule has 0 aliphatic heterocycles. The molecule has 2 aromatic carbocycles. The number of esters is 1. The highest BCUT2D eigenvalue weighted by molar-refractivity contribution is 9.10. The van der Waals surface area contributed by atoms with Gasteiger partial charge in [0.25, 0.3) is 5.56 Å². The van der Waals surface area contributed by atoms with Crippen molar-refractivity contribution in [3.05, 3.63) is 74.4 Å². The summed E-state index contributed by atoms with van der Waals surface area (Å²) in [5, 5.41) is 6.06. The maximum Gasteiger partial charge on any atom is 0.328 e. The molecule has 4 aromatic rings. The third-order valence-corrected chi connectivity index (χ3v) is 6.36. The van der Waals surface area contributed by atoms with Crippen molar-refractivity contribution in [1.82, 2.24) is 14.2 Å². The first-order valence-corrected chi connectivity index (χ1v) is 12.2. The molecule has 0 spiro atoms. The average Bonchev–Trinajstić information content (AvgIpc) is 3.10. The highest BCUT2D eigenvalue weighted by Gasteiger charge is 2.22. The molecule has 0 unspecified atom stereocenters. The summed E-state index contributed by atoms with van der Waals surface area (Å²) in [6, 6.07) is 12.8. The Bertz CT molecular complexity index is 1470. The van der Waals surface area contributed by atoms with Gasteiger partial charge in [-0.25, -0.2) is 9.78 Å². The molecule has 1 atom stereocenters. The first kappa shape index (κ1) is 23.9. The normalized spacial score (nSPS) is 12.6. The van der Waals surface area contributed by atoms with Gasteiger partial charge in [0.1, 0.15) is 11.9 Å². The van der Waals surface area contributed by atoms with Gasteiger partial charge in [-0.1, -0.05) is 41.1 Å². The van der Waals surface area contributed by atoms with Crippen LogP contribution < -0.4 is 5.56 Å². The van der Waals surface area contributed by atoms with Gasteiger partial charge in [0.2, 0.25) is 0 Å². The molecule has 0 saturated carbocycles. The van der Waals surface area contributed by atoms with Crippen molar-refractivity contribution in [2.45, 2.75) is 46.6 Å². The minimum atomic E-state index is -0.495. The number of carbonyl (C=O) groups is 1. The SMILES string of the molecule is CCCc1nc2ccc(Br)cc2c(=O)n1N=Cc1c(C)n([C@@H](C)C(=O)OCC)c2ccccc12. The highest BCUT2D eigenvalue weighted by Crippen LogP contribution is 2.28. The predicted molar refractivity (Wildman–Crippen MR) is 139 cm³/mol. The summed E-state index contributed by atoms with van der Waals surface area (Å²) in [4.78, 5) is 30.6. The second-order valence-corrected chi connectivity index (χ2v) is 9.03. The number of fused-ring (bicyclic) bond motifs is 2. The number of benzene rings is 2. The Morgan fingerprint density at radius 3 is 2.71 bits per heavy atom. The second-order valence-electron chi connectivity index (χ2n) is 8.12. The molecule has 2 aromatic heterocycles. The van der Waals surface area contributed by atoms with Gasteiger partial charge in [-0.3, -0.25) is 4.79 Å². The number of ether oxygens (including phenoxy) is 1. The maximum atomic E-state index is 13.3. The molecule has 0 aliphatic rings. The maximum absolute atomic E-state index is 13.3. The lowest BCUT2D eigenvalue weighted by Crippen LogP contribution is -2.22. The van der Waals surface area contributed by atoms with E-state index in [4.69, 9.17) is 9.72 Å². The standard InChI is InChI=1S/C26H27BrN4O3/c1-5-9-24-29-22-13-12-18(27)14-20(22)25(32)31(24)28-15-21-16(3)30(17(4)26(33)34-6-2)23-11-8-7-10-19(21)23/h7-8,10-15,17H,5-6,9H2,1-4H3/t17-/m0/s1. The van der Waals surface area contributed by atoms with Gasteiger partial charge in [0, 0.05) is 33.1 Å². The van der Waals surface area contributed by atoms with Crippen molar-refractivity contribution in [2.75, 3.05) is 6.61 Å². The molecule has 0 fully saturated rings. The summed E-state index contributed by atoms with van der Waals surface area (Å²) in [6.07, 6.45) is 3.15. The van der Waals surface area contributed by atoms with E-state index in [1.807, 2.05) is 61.7 Å². The number of aromatic nitrogens is 3. The largest absolute Gasteiger partial charge is 0.464 e. The fourth-order valence-electron chi connectivity index (χ4n) is 4.26. The van der Waals surface area contributed by atoms with Crippen LogP contribution in [0.3, 0.4) is 0 Å². The molecule has 2 heterocycles. The van der Waals surface area contributed by atoms with E-state index in [1.54, 1.807) is 19.2 Å². The number of halogens is 1. The number of rotatable bonds is 7. The van der Waals surface area contributed by atoms with E-state index in [0.717, 1.165) is 33.1 Å². The average molecular weight is 523 g/mol. The fourth-order valence-corrected chi connectivity index (χ4v) is 4.62. The Hall–Kier alpha value is -3.26. The molecule has 0 bridgehead atoms. The molecule has 176 valence electrons. The first-order valence-electron chi connectivity index (χ1n) is 11.4. The molecular formula is C26H27BrN4O3. The van der Waals surface area contributed by atoms with E-state index in [1.165, 1.54) is 4.68 Å². The van der Waals surface area contributed by atoms with Crippen molar-refractivity contribution in [2.24, 2.45) is 5.10 Å². The quantitative estimate of drug-likeness (QED) is 0.241. The van der Waals surface area contributed by atoms with E-state index in [-0.39, 0.29) is 11.5 Å². The van der Waals surface area contributed by atoms with Crippen molar-refractivity contribution in [1.29, 1.82) is 0 Å². The van der Waals surface area contributed by atoms with E-state index in [0.29, 0.717) is 29.8 Å². The van der Waals surface area contributed by atoms with Crippen LogP contribution in [0.25, 0.3) is 21.8 Å². The van der Waals surface area contributed by atoms with Crippen LogP contribution in [0.2, 0.25) is 0 Å². The summed E-state index contributed by atoms with van der Waals surface area (Å²) in [5.41, 5.74) is 3.05. The molecule has 34 heavy (non-hydrogen) atoms. The zero-order chi connectivity index (χ0) is 24.4. The smallest absolute Gasteiger partial charge is 0.328 e. The third kappa shape index (κ3) is 4.30. The monoisotopic (exact) mass is 522 g/mol. The number of hydrogen-bond acceptors (Lipinski definition) is 5. The van der Waals surface area contributed by atoms with Gasteiger partial charge in [0.05, 0.1) is 23.7 Å². The van der Waals surface area contributed by atoms with Gasteiger partial charge in [-0.15, -0.1) is 0 Å². The van der Waals surface area contributed by atoms with Crippen molar-refractivity contribution in [3.8, 4) is 0 Å². The number of aryl methyl sites for hydroxylation is 1. The zero-order valence-corrected chi connectivity index (χ0v) is 21.3. The van der Waals surface area contributed by atoms with Crippen LogP contribution in [0.5, 0.6) is 0 Å². The summed E-state index contributed by atoms with van der Waals surface area (Å²) in [6.45, 7) is 7.94. The lowest BCUT2D eigenvalue weighted by Gasteiger charge is -2.16. The molecule has 8 heteroatoms. The number of nitrogens with zero attached hydrogens (tertiary/aromatic N) is 4. The minimum Gasteiger partial charge on any atom is -0.464 e. The Labute approximate surface area is 206 Å². The summed E-state index contributed by atoms with van der Waals surface area (Å²) < 4.78 is 9.41. The van der Waals surface area contributed by atoms with Crippen LogP contribution in [-0.2, 0) is 16.0 Å². The highest BCUT2D eigenvalue weighted by atomic mass is 79.9. The molecule has 4 rings (SSSR count). The van der Waals surface area contributed by atoms with Gasteiger partial charge >= 0.3 is 5.97 Å². The van der Waals surface area contributed by atoms with Gasteiger partial charge in [-0.05, 0) is 51.5 Å². The molecule has 7 nitrogen and oxygen atoms in total. The number of carbonyl (C=O) groups excluding carboxylic acids is 1. The Balaban J connectivity index is 1.89. The second kappa shape index (κ2) is 9.93. The fraction of sp³-hybridized carbons (Fsp3) is 0.308. The third-order valence-electron chi connectivity index (χ3n) is 5.87. The van der Waals surface area contributed by atoms with E-state index < -0.39 is 6.04 Å². The molecule has 0 N–H and O–H groups in total. The lowest BCUT2D eigenvalue weighted by atomic mass is 10.1. The van der Waals surface area contributed by atoms with Crippen molar-refractivity contribution >= 4 is 49.9 Å². The number of hydrogen-bond donors (Lipinski definition) is 0. The minimum absolute atomic E-state index is 0.215. The lowest BCUT2D eigenvalue weighted by molar-refractivity contribution is -0.146. The molecule has 0 aliphatic carbocycles. The number of para-hydroxylation sites is 1. The topological polar surface area (TPSA) is 78.5 Å². The Kier molecular flexibility index (Phi) is 6.97. The molecule has 0 amide bonds. The first-order chi connectivity index (χ1) is 16.4. The van der Waals surface area contributed by atoms with Crippen LogP contribution in [0.4, 0.5) is 0 Å². The van der Waals surface area contributed by atoms with Gasteiger partial charge in [0.15, 0.2) is 0 Å². The van der Waals surface area contributed by atoms with Gasteiger partial charge in [-0.2, -0.15) is 9.78 Å². The van der Waals surface area contributed by atoms with E-state index >= 15 is 0 Å². The van der Waals surface area contributed by atoms with Crippen LogP contribution >= 0.6 is 15.9 Å². The van der Waals surface area contributed by atoms with Gasteiger partial charge < -0.3 is 9.30 Å². The van der Waals surface area contributed by atoms with Crippen LogP contribution in [0, 0.1) is 6.92 Å². The molecule has 0 saturated heterocycles. The van der Waals surface area contributed by atoms with E-state index in [2.05, 4.69) is 21.0 Å². The van der Waals surface area contributed by atoms with Crippen LogP contribution in [-0.4, -0.2) is 33.0 Å². The Morgan fingerprint density at radius 1 is 1.21 bits per heavy atom.